The van der Waals surface area contributed by atoms with Gasteiger partial charge in [-0.25, -0.2) is 6.29 Å². The van der Waals surface area contributed by atoms with E-state index in [4.69, 9.17) is 0 Å². The van der Waals surface area contributed by atoms with Gasteiger partial charge in [-0.15, -0.1) is 6.42 Å². The maximum absolute atomic E-state index is 11.9. The molecule has 1 rings (SSSR count). The summed E-state index contributed by atoms with van der Waals surface area (Å²) >= 11 is 0. The van der Waals surface area contributed by atoms with Crippen molar-refractivity contribution in [3.63, 3.8) is 0 Å². The number of carbonyl (C=O) groups is 2. The largest absolute Gasteiger partial charge is 0.541 e. The summed E-state index contributed by atoms with van der Waals surface area (Å²) in [6, 6.07) is 6.92. The fourth-order valence-electron chi connectivity index (χ4n) is 1.52. The van der Waals surface area contributed by atoms with Crippen molar-refractivity contribution in [3.8, 4) is 0 Å². The third-order valence-corrected chi connectivity index (χ3v) is 2.57. The number of aryl methyl sites for hydroxylation is 1. The van der Waals surface area contributed by atoms with E-state index in [1.54, 1.807) is 18.2 Å². The molecule has 0 saturated carbocycles. The van der Waals surface area contributed by atoms with Crippen LogP contribution in [0.1, 0.15) is 29.3 Å². The van der Waals surface area contributed by atoms with Crippen LogP contribution in [0.5, 0.6) is 0 Å². The van der Waals surface area contributed by atoms with E-state index in [2.05, 4.69) is 6.92 Å². The van der Waals surface area contributed by atoms with Crippen LogP contribution in [0.2, 0.25) is 0 Å². The minimum Gasteiger partial charge on any atom is -0.541 e. The minimum atomic E-state index is -1.33. The number of Topliss-reactive ketones (excluding diaryl/α,β-unsaturated/α-hetero) is 2. The van der Waals surface area contributed by atoms with Crippen LogP contribution in [0.25, 0.3) is 0 Å². The molecule has 4 heteroatoms. The quantitative estimate of drug-likeness (QED) is 0.457. The van der Waals surface area contributed by atoms with Crippen LogP contribution < -0.4 is 0 Å². The van der Waals surface area contributed by atoms with E-state index in [0.29, 0.717) is 5.56 Å². The van der Waals surface area contributed by atoms with Crippen LogP contribution in [0.4, 0.5) is 0 Å². The molecule has 0 aliphatic rings. The van der Waals surface area contributed by atoms with Gasteiger partial charge in [0.05, 0.1) is 5.78 Å². The molecule has 1 radical (unpaired) electrons. The third-order valence-electron chi connectivity index (χ3n) is 2.57. The van der Waals surface area contributed by atoms with Gasteiger partial charge in [0.15, 0.2) is 0 Å². The van der Waals surface area contributed by atoms with Gasteiger partial charge in [0.1, 0.15) is 5.78 Å². The number of ketones is 2. The fraction of sp³-hybridized carbons (Fsp3) is 0.286. The molecule has 0 aliphatic heterocycles. The summed E-state index contributed by atoms with van der Waals surface area (Å²) < 4.78 is 0. The van der Waals surface area contributed by atoms with Crippen molar-refractivity contribution in [1.29, 1.82) is 0 Å². The standard InChI is InChI=1S/C14H14O3.Y/c1-3-10-6-5-7-11(8-10)14(17)12(9-15)13(16)4-2;/h5-8,12H,2-4H2,1H3;/q-2;. The summed E-state index contributed by atoms with van der Waals surface area (Å²) in [5.41, 5.74) is 1.36. The fourth-order valence-corrected chi connectivity index (χ4v) is 1.52. The molecule has 3 nitrogen and oxygen atoms in total. The second-order valence-electron chi connectivity index (χ2n) is 3.69. The number of benzene rings is 1. The Balaban J connectivity index is 0.00000289. The van der Waals surface area contributed by atoms with Gasteiger partial charge in [0.2, 0.25) is 0 Å². The second kappa shape index (κ2) is 8.44. The van der Waals surface area contributed by atoms with Crippen LogP contribution in [0.3, 0.4) is 0 Å². The van der Waals surface area contributed by atoms with Crippen LogP contribution >= 0.6 is 0 Å². The number of hydrogen-bond acceptors (Lipinski definition) is 3. The summed E-state index contributed by atoms with van der Waals surface area (Å²) in [5, 5.41) is 0. The van der Waals surface area contributed by atoms with E-state index in [-0.39, 0.29) is 39.1 Å². The summed E-state index contributed by atoms with van der Waals surface area (Å²) in [6.45, 7) is 5.35. The maximum atomic E-state index is 11.9. The Labute approximate surface area is 132 Å². The first-order chi connectivity index (χ1) is 8.13. The maximum Gasteiger partial charge on any atom is 0.146 e. The summed E-state index contributed by atoms with van der Waals surface area (Å²) in [4.78, 5) is 34.0. The molecule has 0 aliphatic carbocycles. The van der Waals surface area contributed by atoms with Crippen LogP contribution in [0.15, 0.2) is 24.3 Å². The van der Waals surface area contributed by atoms with Gasteiger partial charge in [0, 0.05) is 38.3 Å². The Morgan fingerprint density at radius 3 is 2.56 bits per heavy atom. The summed E-state index contributed by atoms with van der Waals surface area (Å²) in [6.07, 6.45) is 2.21. The van der Waals surface area contributed by atoms with Gasteiger partial charge in [-0.2, -0.15) is 0 Å². The molecular formula is C14H14O3Y-2. The van der Waals surface area contributed by atoms with Gasteiger partial charge in [0.25, 0.3) is 0 Å². The minimum absolute atomic E-state index is 0. The summed E-state index contributed by atoms with van der Waals surface area (Å²) in [5.74, 6) is -2.32. The molecule has 1 aromatic rings. The van der Waals surface area contributed by atoms with Crippen LogP contribution in [-0.2, 0) is 48.7 Å². The van der Waals surface area contributed by atoms with Crippen molar-refractivity contribution in [2.75, 3.05) is 0 Å². The van der Waals surface area contributed by atoms with Gasteiger partial charge in [-0.1, -0.05) is 25.1 Å². The van der Waals surface area contributed by atoms with Gasteiger partial charge >= 0.3 is 0 Å². The van der Waals surface area contributed by atoms with E-state index in [9.17, 15) is 14.4 Å². The third kappa shape index (κ3) is 4.22. The van der Waals surface area contributed by atoms with Crippen LogP contribution in [0, 0.1) is 12.8 Å². The molecule has 0 bridgehead atoms. The summed E-state index contributed by atoms with van der Waals surface area (Å²) in [7, 11) is 0. The van der Waals surface area contributed by atoms with Gasteiger partial charge in [-0.3, -0.25) is 4.79 Å². The molecule has 1 aromatic carbocycles. The van der Waals surface area contributed by atoms with Crippen molar-refractivity contribution < 1.29 is 47.1 Å². The molecular weight excluding hydrogens is 305 g/mol. The molecule has 1 unspecified atom stereocenters. The molecule has 0 N–H and O–H groups in total. The molecule has 0 fully saturated rings. The average molecular weight is 319 g/mol. The topological polar surface area (TPSA) is 51.2 Å². The molecule has 0 aromatic heterocycles. The Kier molecular flexibility index (Phi) is 8.13. The SMILES string of the molecule is [CH2-]CC(=O)C([C-]=O)C(=O)c1cccc(CC)c1.[Y]. The molecule has 0 heterocycles. The van der Waals surface area contributed by atoms with E-state index >= 15 is 0 Å². The Hall–Kier alpha value is -0.666. The van der Waals surface area contributed by atoms with Crippen LogP contribution in [-0.4, -0.2) is 17.9 Å². The van der Waals surface area contributed by atoms with E-state index in [1.807, 2.05) is 13.0 Å². The molecule has 0 saturated heterocycles. The average Bonchev–Trinajstić information content (AvgIpc) is 2.39. The molecule has 93 valence electrons. The van der Waals surface area contributed by atoms with E-state index in [0.717, 1.165) is 12.0 Å². The second-order valence-corrected chi connectivity index (χ2v) is 3.69. The smallest absolute Gasteiger partial charge is 0.146 e. The zero-order chi connectivity index (χ0) is 12.8. The Bertz CT molecular complexity index is 440. The predicted molar refractivity (Wildman–Crippen MR) is 64.3 cm³/mol. The van der Waals surface area contributed by atoms with Gasteiger partial charge < -0.3 is 16.5 Å². The Morgan fingerprint density at radius 1 is 1.39 bits per heavy atom. The number of rotatable bonds is 6. The monoisotopic (exact) mass is 319 g/mol. The first-order valence-corrected chi connectivity index (χ1v) is 5.46. The predicted octanol–water partition coefficient (Wildman–Crippen LogP) is 1.95. The first-order valence-electron chi connectivity index (χ1n) is 5.46. The molecule has 1 atom stereocenters. The zero-order valence-corrected chi connectivity index (χ0v) is 13.1. The molecule has 0 spiro atoms. The molecule has 0 amide bonds. The van der Waals surface area contributed by atoms with E-state index < -0.39 is 17.5 Å². The van der Waals surface area contributed by atoms with Crippen molar-refractivity contribution >= 4 is 17.9 Å². The first kappa shape index (κ1) is 17.3. The normalized spacial score (nSPS) is 11.2. The Morgan fingerprint density at radius 2 is 2.06 bits per heavy atom. The van der Waals surface area contributed by atoms with E-state index in [1.165, 1.54) is 6.29 Å². The number of carbonyl (C=O) groups excluding carboxylic acids is 3. The molecule has 18 heavy (non-hydrogen) atoms. The number of hydrogen-bond donors (Lipinski definition) is 0. The van der Waals surface area contributed by atoms with Crippen molar-refractivity contribution in [2.45, 2.75) is 19.8 Å². The van der Waals surface area contributed by atoms with Crippen molar-refractivity contribution in [2.24, 2.45) is 5.92 Å². The van der Waals surface area contributed by atoms with Gasteiger partial charge in [-0.05, 0) is 24.0 Å². The van der Waals surface area contributed by atoms with Crippen molar-refractivity contribution in [3.05, 3.63) is 42.3 Å². The van der Waals surface area contributed by atoms with Crippen molar-refractivity contribution in [1.82, 2.24) is 0 Å². The zero-order valence-electron chi connectivity index (χ0n) is 10.3.